The second kappa shape index (κ2) is 9.31. The first kappa shape index (κ1) is 21.5. The minimum atomic E-state index is -0.0866. The Morgan fingerprint density at radius 3 is 1.33 bits per heavy atom. The first-order valence-electron chi connectivity index (χ1n) is 11.7. The summed E-state index contributed by atoms with van der Waals surface area (Å²) < 4.78 is 0. The molecular formula is C31H22N4O. The average Bonchev–Trinajstić information content (AvgIpc) is 3.65. The number of carbonyl (C=O) groups excluding carboxylic acids is 1. The van der Waals surface area contributed by atoms with Crippen LogP contribution in [0.2, 0.25) is 0 Å². The van der Waals surface area contributed by atoms with Gasteiger partial charge in [-0.1, -0.05) is 109 Å². The molecule has 0 amide bonds. The maximum absolute atomic E-state index is 13.9. The molecule has 0 saturated carbocycles. The molecule has 0 fully saturated rings. The van der Waals surface area contributed by atoms with Crippen molar-refractivity contribution in [3.05, 3.63) is 133 Å². The molecule has 0 aliphatic rings. The Hall–Kier alpha value is -5.03. The molecule has 0 spiro atoms. The van der Waals surface area contributed by atoms with Crippen molar-refractivity contribution < 1.29 is 4.79 Å². The van der Waals surface area contributed by atoms with Crippen LogP contribution in [0.15, 0.2) is 122 Å². The Bertz CT molecular complexity index is 1530. The minimum absolute atomic E-state index is 0.0866. The van der Waals surface area contributed by atoms with Crippen LogP contribution in [0.1, 0.15) is 15.9 Å². The first-order chi connectivity index (χ1) is 17.8. The van der Waals surface area contributed by atoms with Crippen molar-refractivity contribution >= 4 is 5.78 Å². The highest BCUT2D eigenvalue weighted by atomic mass is 16.1. The van der Waals surface area contributed by atoms with Gasteiger partial charge in [0.1, 0.15) is 11.6 Å². The zero-order chi connectivity index (χ0) is 24.3. The Kier molecular flexibility index (Phi) is 5.56. The van der Waals surface area contributed by atoms with Gasteiger partial charge in [-0.15, -0.1) is 0 Å². The van der Waals surface area contributed by atoms with Gasteiger partial charge in [0.15, 0.2) is 5.78 Å². The molecule has 0 unspecified atom stereocenters. The Morgan fingerprint density at radius 2 is 0.889 bits per heavy atom. The van der Waals surface area contributed by atoms with Crippen LogP contribution in [-0.2, 0) is 0 Å². The fourth-order valence-electron chi connectivity index (χ4n) is 4.37. The SMILES string of the molecule is O=C(c1ccccc1-c1ncc(-c2ccccc2)[nH]1)c1ccccc1-c1ncc(-c2ccccc2)[nH]1. The van der Waals surface area contributed by atoms with Gasteiger partial charge < -0.3 is 9.97 Å². The van der Waals surface area contributed by atoms with E-state index in [1.165, 1.54) is 0 Å². The van der Waals surface area contributed by atoms with Crippen LogP contribution in [0.25, 0.3) is 45.3 Å². The lowest BCUT2D eigenvalue weighted by Gasteiger charge is -2.10. The van der Waals surface area contributed by atoms with Crippen LogP contribution in [0.4, 0.5) is 0 Å². The lowest BCUT2D eigenvalue weighted by atomic mass is 9.94. The second-order valence-corrected chi connectivity index (χ2v) is 8.44. The number of aromatic nitrogens is 4. The molecule has 36 heavy (non-hydrogen) atoms. The van der Waals surface area contributed by atoms with E-state index in [-0.39, 0.29) is 5.78 Å². The van der Waals surface area contributed by atoms with Crippen LogP contribution in [0.5, 0.6) is 0 Å². The summed E-state index contributed by atoms with van der Waals surface area (Å²) >= 11 is 0. The van der Waals surface area contributed by atoms with Gasteiger partial charge in [0, 0.05) is 22.3 Å². The smallest absolute Gasteiger partial charge is 0.194 e. The number of H-pyrrole nitrogens is 2. The van der Waals surface area contributed by atoms with Crippen LogP contribution >= 0.6 is 0 Å². The molecule has 4 aromatic carbocycles. The van der Waals surface area contributed by atoms with E-state index in [0.717, 1.165) is 33.6 Å². The van der Waals surface area contributed by atoms with Crippen molar-refractivity contribution in [1.82, 2.24) is 19.9 Å². The summed E-state index contributed by atoms with van der Waals surface area (Å²) in [6.45, 7) is 0. The number of nitrogens with one attached hydrogen (secondary N) is 2. The van der Waals surface area contributed by atoms with E-state index >= 15 is 0 Å². The molecule has 2 aromatic heterocycles. The number of imidazole rings is 2. The van der Waals surface area contributed by atoms with Crippen molar-refractivity contribution in [3.63, 3.8) is 0 Å². The summed E-state index contributed by atoms with van der Waals surface area (Å²) in [5.41, 5.74) is 6.54. The fraction of sp³-hybridized carbons (Fsp3) is 0. The van der Waals surface area contributed by atoms with E-state index in [1.807, 2.05) is 109 Å². The first-order valence-corrected chi connectivity index (χ1v) is 11.7. The van der Waals surface area contributed by atoms with Gasteiger partial charge in [-0.2, -0.15) is 0 Å². The number of rotatable bonds is 6. The quantitative estimate of drug-likeness (QED) is 0.259. The van der Waals surface area contributed by atoms with Gasteiger partial charge in [-0.05, 0) is 11.1 Å². The van der Waals surface area contributed by atoms with E-state index in [4.69, 9.17) is 0 Å². The number of aromatic amines is 2. The molecule has 0 atom stereocenters. The predicted octanol–water partition coefficient (Wildman–Crippen LogP) is 7.03. The molecule has 0 aliphatic heterocycles. The van der Waals surface area contributed by atoms with Gasteiger partial charge in [0.2, 0.25) is 0 Å². The molecule has 2 N–H and O–H groups in total. The number of nitrogens with zero attached hydrogens (tertiary/aromatic N) is 2. The third-order valence-corrected chi connectivity index (χ3v) is 6.17. The minimum Gasteiger partial charge on any atom is -0.338 e. The number of benzene rings is 4. The van der Waals surface area contributed by atoms with Crippen molar-refractivity contribution in [2.75, 3.05) is 0 Å². The van der Waals surface area contributed by atoms with Gasteiger partial charge in [-0.3, -0.25) is 4.79 Å². The van der Waals surface area contributed by atoms with Gasteiger partial charge in [-0.25, -0.2) is 9.97 Å². The van der Waals surface area contributed by atoms with E-state index in [1.54, 1.807) is 12.4 Å². The summed E-state index contributed by atoms with van der Waals surface area (Å²) in [6.07, 6.45) is 3.60. The normalized spacial score (nSPS) is 10.9. The summed E-state index contributed by atoms with van der Waals surface area (Å²) in [4.78, 5) is 29.8. The molecule has 2 heterocycles. The van der Waals surface area contributed by atoms with Crippen LogP contribution in [-0.4, -0.2) is 25.7 Å². The standard InChI is InChI=1S/C31H22N4O/c36-29(23-15-7-9-17-25(23)30-32-19-27(34-30)21-11-3-1-4-12-21)24-16-8-10-18-26(24)31-33-20-28(35-31)22-13-5-2-6-14-22/h1-20H,(H,32,34)(H,33,35). The average molecular weight is 467 g/mol. The Balaban J connectivity index is 1.38. The largest absolute Gasteiger partial charge is 0.338 e. The Labute approximate surface area is 208 Å². The predicted molar refractivity (Wildman–Crippen MR) is 142 cm³/mol. The van der Waals surface area contributed by atoms with Crippen LogP contribution in [0.3, 0.4) is 0 Å². The summed E-state index contributed by atoms with van der Waals surface area (Å²) in [5.74, 6) is 1.22. The lowest BCUT2D eigenvalue weighted by molar-refractivity contribution is 0.104. The van der Waals surface area contributed by atoms with E-state index in [2.05, 4.69) is 19.9 Å². The topological polar surface area (TPSA) is 74.4 Å². The zero-order valence-corrected chi connectivity index (χ0v) is 19.3. The highest BCUT2D eigenvalue weighted by molar-refractivity contribution is 6.15. The van der Waals surface area contributed by atoms with Crippen molar-refractivity contribution in [2.45, 2.75) is 0 Å². The molecule has 0 aliphatic carbocycles. The molecule has 6 aromatic rings. The molecule has 5 nitrogen and oxygen atoms in total. The van der Waals surface area contributed by atoms with Crippen molar-refractivity contribution in [1.29, 1.82) is 0 Å². The third kappa shape index (κ3) is 4.03. The third-order valence-electron chi connectivity index (χ3n) is 6.17. The van der Waals surface area contributed by atoms with Gasteiger partial charge in [0.25, 0.3) is 0 Å². The maximum atomic E-state index is 13.9. The van der Waals surface area contributed by atoms with E-state index in [9.17, 15) is 4.79 Å². The number of hydrogen-bond acceptors (Lipinski definition) is 3. The van der Waals surface area contributed by atoms with E-state index in [0.29, 0.717) is 22.8 Å². The number of ketones is 1. The lowest BCUT2D eigenvalue weighted by Crippen LogP contribution is -2.06. The van der Waals surface area contributed by atoms with Crippen molar-refractivity contribution in [3.8, 4) is 45.3 Å². The molecule has 0 bridgehead atoms. The molecular weight excluding hydrogens is 444 g/mol. The molecule has 5 heteroatoms. The van der Waals surface area contributed by atoms with Gasteiger partial charge in [0.05, 0.1) is 23.8 Å². The highest BCUT2D eigenvalue weighted by Crippen LogP contribution is 2.30. The van der Waals surface area contributed by atoms with Gasteiger partial charge >= 0.3 is 0 Å². The van der Waals surface area contributed by atoms with Crippen molar-refractivity contribution in [2.24, 2.45) is 0 Å². The molecule has 6 rings (SSSR count). The second-order valence-electron chi connectivity index (χ2n) is 8.44. The fourth-order valence-corrected chi connectivity index (χ4v) is 4.37. The monoisotopic (exact) mass is 466 g/mol. The summed E-state index contributed by atoms with van der Waals surface area (Å²) in [5, 5.41) is 0. The number of carbonyl (C=O) groups is 1. The summed E-state index contributed by atoms with van der Waals surface area (Å²) in [7, 11) is 0. The summed E-state index contributed by atoms with van der Waals surface area (Å²) in [6, 6.07) is 35.1. The van der Waals surface area contributed by atoms with Crippen LogP contribution in [0, 0.1) is 0 Å². The maximum Gasteiger partial charge on any atom is 0.194 e. The molecule has 172 valence electrons. The number of hydrogen-bond donors (Lipinski definition) is 2. The zero-order valence-electron chi connectivity index (χ0n) is 19.3. The Morgan fingerprint density at radius 1 is 0.500 bits per heavy atom. The molecule has 0 radical (unpaired) electrons. The van der Waals surface area contributed by atoms with Crippen LogP contribution < -0.4 is 0 Å². The molecule has 0 saturated heterocycles. The van der Waals surface area contributed by atoms with E-state index < -0.39 is 0 Å². The highest BCUT2D eigenvalue weighted by Gasteiger charge is 2.21.